The van der Waals surface area contributed by atoms with E-state index >= 15 is 0 Å². The molecule has 134 valence electrons. The van der Waals surface area contributed by atoms with E-state index in [9.17, 15) is 9.18 Å². The molecule has 3 rings (SSSR count). The third-order valence-corrected chi connectivity index (χ3v) is 5.36. The van der Waals surface area contributed by atoms with Crippen molar-refractivity contribution >= 4 is 34.3 Å². The lowest BCUT2D eigenvalue weighted by molar-refractivity contribution is 0.209. The smallest absolute Gasteiger partial charge is 0.319 e. The normalized spacial score (nSPS) is 15.7. The van der Waals surface area contributed by atoms with Crippen molar-refractivity contribution in [2.75, 3.05) is 5.32 Å². The Balaban J connectivity index is 1.82. The largest absolute Gasteiger partial charge is 0.327 e. The van der Waals surface area contributed by atoms with Gasteiger partial charge in [0, 0.05) is 15.5 Å². The summed E-state index contributed by atoms with van der Waals surface area (Å²) in [5, 5.41) is 14.7. The van der Waals surface area contributed by atoms with E-state index in [1.54, 1.807) is 18.2 Å². The molecule has 0 spiro atoms. The SMILES string of the molecule is N#Cc1nccc(C2(NC(=O)Nc3ccc(I)c(F)c3)CCCCC2)n1. The summed E-state index contributed by atoms with van der Waals surface area (Å²) in [6.45, 7) is 0. The van der Waals surface area contributed by atoms with E-state index in [2.05, 4.69) is 20.6 Å². The highest BCUT2D eigenvalue weighted by Crippen LogP contribution is 2.36. The van der Waals surface area contributed by atoms with Gasteiger partial charge in [-0.25, -0.2) is 19.2 Å². The first-order chi connectivity index (χ1) is 12.5. The van der Waals surface area contributed by atoms with Gasteiger partial charge in [-0.05, 0) is 59.7 Å². The fourth-order valence-corrected chi connectivity index (χ4v) is 3.57. The van der Waals surface area contributed by atoms with Gasteiger partial charge in [0.2, 0.25) is 5.82 Å². The molecule has 1 aromatic heterocycles. The average Bonchev–Trinajstić information content (AvgIpc) is 2.65. The third kappa shape index (κ3) is 4.09. The predicted molar refractivity (Wildman–Crippen MR) is 103 cm³/mol. The van der Waals surface area contributed by atoms with Crippen molar-refractivity contribution in [2.24, 2.45) is 0 Å². The van der Waals surface area contributed by atoms with Gasteiger partial charge in [-0.15, -0.1) is 0 Å². The quantitative estimate of drug-likeness (QED) is 0.669. The first-order valence-electron chi connectivity index (χ1n) is 8.30. The molecule has 0 atom stereocenters. The second kappa shape index (κ2) is 7.95. The summed E-state index contributed by atoms with van der Waals surface area (Å²) in [7, 11) is 0. The number of hydrogen-bond donors (Lipinski definition) is 2. The zero-order valence-electron chi connectivity index (χ0n) is 13.9. The number of amides is 2. The van der Waals surface area contributed by atoms with Crippen LogP contribution in [0.25, 0.3) is 0 Å². The fraction of sp³-hybridized carbons (Fsp3) is 0.333. The summed E-state index contributed by atoms with van der Waals surface area (Å²) in [6.07, 6.45) is 5.97. The van der Waals surface area contributed by atoms with E-state index < -0.39 is 11.6 Å². The number of carbonyl (C=O) groups is 1. The number of nitrogens with one attached hydrogen (secondary N) is 2. The Labute approximate surface area is 164 Å². The lowest BCUT2D eigenvalue weighted by atomic mass is 9.79. The van der Waals surface area contributed by atoms with Crippen LogP contribution in [0, 0.1) is 20.7 Å². The van der Waals surface area contributed by atoms with Crippen LogP contribution in [0.3, 0.4) is 0 Å². The Morgan fingerprint density at radius 1 is 1.27 bits per heavy atom. The topological polar surface area (TPSA) is 90.7 Å². The highest BCUT2D eigenvalue weighted by Gasteiger charge is 2.37. The molecule has 0 bridgehead atoms. The van der Waals surface area contributed by atoms with Crippen LogP contribution in [0.15, 0.2) is 30.5 Å². The molecule has 0 unspecified atom stereocenters. The van der Waals surface area contributed by atoms with Gasteiger partial charge in [0.1, 0.15) is 11.9 Å². The zero-order chi connectivity index (χ0) is 18.6. The first kappa shape index (κ1) is 18.5. The number of benzene rings is 1. The van der Waals surface area contributed by atoms with Gasteiger partial charge in [0.25, 0.3) is 0 Å². The van der Waals surface area contributed by atoms with Crippen LogP contribution in [0.2, 0.25) is 0 Å². The number of hydrogen-bond acceptors (Lipinski definition) is 4. The number of halogens is 2. The maximum Gasteiger partial charge on any atom is 0.319 e. The minimum atomic E-state index is -0.654. The number of carbonyl (C=O) groups excluding carboxylic acids is 1. The first-order valence-corrected chi connectivity index (χ1v) is 9.38. The molecule has 1 saturated carbocycles. The van der Waals surface area contributed by atoms with E-state index in [0.29, 0.717) is 15.0 Å². The lowest BCUT2D eigenvalue weighted by Crippen LogP contribution is -2.49. The number of aromatic nitrogens is 2. The molecule has 2 N–H and O–H groups in total. The van der Waals surface area contributed by atoms with Crippen molar-refractivity contribution in [3.05, 3.63) is 51.4 Å². The van der Waals surface area contributed by atoms with Gasteiger partial charge in [0.15, 0.2) is 0 Å². The van der Waals surface area contributed by atoms with E-state index in [1.165, 1.54) is 12.3 Å². The third-order valence-electron chi connectivity index (χ3n) is 4.48. The molecule has 26 heavy (non-hydrogen) atoms. The van der Waals surface area contributed by atoms with Crippen molar-refractivity contribution in [3.8, 4) is 6.07 Å². The summed E-state index contributed by atoms with van der Waals surface area (Å²) in [5.41, 5.74) is 0.359. The van der Waals surface area contributed by atoms with E-state index in [0.717, 1.165) is 32.1 Å². The molecule has 2 amide bonds. The summed E-state index contributed by atoms with van der Waals surface area (Å²) in [5.74, 6) is -0.306. The Morgan fingerprint density at radius 2 is 2.04 bits per heavy atom. The summed E-state index contributed by atoms with van der Waals surface area (Å²) in [6, 6.07) is 7.78. The van der Waals surface area contributed by atoms with Crippen LogP contribution >= 0.6 is 22.6 Å². The minimum Gasteiger partial charge on any atom is -0.327 e. The van der Waals surface area contributed by atoms with Crippen LogP contribution in [-0.4, -0.2) is 16.0 Å². The van der Waals surface area contributed by atoms with E-state index in [4.69, 9.17) is 5.26 Å². The number of anilines is 1. The van der Waals surface area contributed by atoms with Crippen LogP contribution < -0.4 is 10.6 Å². The number of rotatable bonds is 3. The van der Waals surface area contributed by atoms with Crippen molar-refractivity contribution in [3.63, 3.8) is 0 Å². The molecule has 8 heteroatoms. The summed E-state index contributed by atoms with van der Waals surface area (Å²) < 4.78 is 14.2. The minimum absolute atomic E-state index is 0.0781. The van der Waals surface area contributed by atoms with Crippen LogP contribution in [0.4, 0.5) is 14.9 Å². The molecule has 1 aliphatic carbocycles. The van der Waals surface area contributed by atoms with Crippen molar-refractivity contribution in [2.45, 2.75) is 37.6 Å². The molecule has 2 aromatic rings. The fourth-order valence-electron chi connectivity index (χ4n) is 3.23. The Bertz CT molecular complexity index is 861. The van der Waals surface area contributed by atoms with E-state index in [1.807, 2.05) is 28.7 Å². The van der Waals surface area contributed by atoms with Crippen LogP contribution in [0.5, 0.6) is 0 Å². The Kier molecular flexibility index (Phi) is 5.66. The highest BCUT2D eigenvalue weighted by atomic mass is 127. The Hall–Kier alpha value is -2.28. The monoisotopic (exact) mass is 465 g/mol. The standard InChI is InChI=1S/C18H17FIN5O/c19-13-10-12(4-5-14(13)20)23-17(26)25-18(7-2-1-3-8-18)15-6-9-22-16(11-21)24-15/h4-6,9-10H,1-3,7-8H2,(H2,23,25,26). The molecule has 1 fully saturated rings. The van der Waals surface area contributed by atoms with Crippen molar-refractivity contribution in [1.29, 1.82) is 5.26 Å². The van der Waals surface area contributed by atoms with Gasteiger partial charge < -0.3 is 10.6 Å². The van der Waals surface area contributed by atoms with Gasteiger partial charge in [0.05, 0.1) is 11.2 Å². The second-order valence-corrected chi connectivity index (χ2v) is 7.39. The second-order valence-electron chi connectivity index (χ2n) is 6.23. The number of urea groups is 1. The van der Waals surface area contributed by atoms with Gasteiger partial charge in [-0.1, -0.05) is 19.3 Å². The highest BCUT2D eigenvalue weighted by molar-refractivity contribution is 14.1. The van der Waals surface area contributed by atoms with Crippen molar-refractivity contribution in [1.82, 2.24) is 15.3 Å². The predicted octanol–water partition coefficient (Wildman–Crippen LogP) is 4.07. The average molecular weight is 465 g/mol. The maximum absolute atomic E-state index is 13.7. The molecule has 1 heterocycles. The molecule has 1 aliphatic rings. The molecular formula is C18H17FIN5O. The summed E-state index contributed by atoms with van der Waals surface area (Å²) in [4.78, 5) is 20.8. The molecule has 0 radical (unpaired) electrons. The molecule has 1 aromatic carbocycles. The van der Waals surface area contributed by atoms with E-state index in [-0.39, 0.29) is 11.6 Å². The van der Waals surface area contributed by atoms with Crippen LogP contribution in [0.1, 0.15) is 43.6 Å². The molecular weight excluding hydrogens is 448 g/mol. The van der Waals surface area contributed by atoms with Gasteiger partial charge >= 0.3 is 6.03 Å². The van der Waals surface area contributed by atoms with Gasteiger partial charge in [-0.2, -0.15) is 5.26 Å². The van der Waals surface area contributed by atoms with Crippen molar-refractivity contribution < 1.29 is 9.18 Å². The number of nitrogens with zero attached hydrogens (tertiary/aromatic N) is 3. The van der Waals surface area contributed by atoms with Gasteiger partial charge in [-0.3, -0.25) is 0 Å². The van der Waals surface area contributed by atoms with Crippen LogP contribution in [-0.2, 0) is 5.54 Å². The Morgan fingerprint density at radius 3 is 2.73 bits per heavy atom. The molecule has 0 saturated heterocycles. The zero-order valence-corrected chi connectivity index (χ0v) is 16.1. The number of nitriles is 1. The lowest BCUT2D eigenvalue weighted by Gasteiger charge is -2.37. The molecule has 6 nitrogen and oxygen atoms in total. The molecule has 0 aliphatic heterocycles. The summed E-state index contributed by atoms with van der Waals surface area (Å²) >= 11 is 1.89. The maximum atomic E-state index is 13.7.